The summed E-state index contributed by atoms with van der Waals surface area (Å²) in [6.45, 7) is 0.960. The SMILES string of the molecule is COc1ccc2c(c1)c1cc(OC)ccc1n2CCCS. The maximum absolute atomic E-state index is 5.37. The molecule has 2 aromatic carbocycles. The number of thiol groups is 1. The van der Waals surface area contributed by atoms with Crippen LogP contribution in [0.2, 0.25) is 0 Å². The number of hydrogen-bond acceptors (Lipinski definition) is 3. The molecule has 3 rings (SSSR count). The van der Waals surface area contributed by atoms with Gasteiger partial charge in [-0.25, -0.2) is 0 Å². The average molecular weight is 301 g/mol. The molecule has 0 amide bonds. The third kappa shape index (κ3) is 2.44. The van der Waals surface area contributed by atoms with Crippen LogP contribution in [0.15, 0.2) is 36.4 Å². The standard InChI is InChI=1S/C17H19NO2S/c1-19-12-4-6-16-14(10-12)15-11-13(20-2)5-7-17(15)18(16)8-3-9-21/h4-7,10-11,21H,3,8-9H2,1-2H3. The summed E-state index contributed by atoms with van der Waals surface area (Å²) >= 11 is 4.33. The Hall–Kier alpha value is -1.81. The van der Waals surface area contributed by atoms with E-state index in [4.69, 9.17) is 9.47 Å². The van der Waals surface area contributed by atoms with Crippen LogP contribution >= 0.6 is 12.6 Å². The summed E-state index contributed by atoms with van der Waals surface area (Å²) in [7, 11) is 3.39. The summed E-state index contributed by atoms with van der Waals surface area (Å²) in [5.41, 5.74) is 2.45. The monoisotopic (exact) mass is 301 g/mol. The van der Waals surface area contributed by atoms with Gasteiger partial charge in [-0.2, -0.15) is 12.6 Å². The van der Waals surface area contributed by atoms with Crippen molar-refractivity contribution < 1.29 is 9.47 Å². The lowest BCUT2D eigenvalue weighted by Crippen LogP contribution is -1.98. The first-order chi connectivity index (χ1) is 10.3. The lowest BCUT2D eigenvalue weighted by molar-refractivity contribution is 0.415. The molecule has 0 aliphatic rings. The minimum Gasteiger partial charge on any atom is -0.497 e. The molecule has 0 aliphatic carbocycles. The molecule has 1 heterocycles. The van der Waals surface area contributed by atoms with Crippen LogP contribution in [0.5, 0.6) is 11.5 Å². The molecule has 0 fully saturated rings. The van der Waals surface area contributed by atoms with Gasteiger partial charge in [-0.15, -0.1) is 0 Å². The fraction of sp³-hybridized carbons (Fsp3) is 0.294. The van der Waals surface area contributed by atoms with Crippen LogP contribution in [0.25, 0.3) is 21.8 Å². The predicted molar refractivity (Wildman–Crippen MR) is 91.0 cm³/mol. The van der Waals surface area contributed by atoms with Crippen molar-refractivity contribution in [1.29, 1.82) is 0 Å². The van der Waals surface area contributed by atoms with Crippen molar-refractivity contribution in [2.45, 2.75) is 13.0 Å². The highest BCUT2D eigenvalue weighted by molar-refractivity contribution is 7.80. The third-order valence-corrected chi connectivity index (χ3v) is 4.14. The van der Waals surface area contributed by atoms with Crippen LogP contribution in [0.3, 0.4) is 0 Å². The van der Waals surface area contributed by atoms with Crippen LogP contribution in [-0.4, -0.2) is 24.5 Å². The minimum absolute atomic E-state index is 0.874. The second-order valence-electron chi connectivity index (χ2n) is 4.99. The van der Waals surface area contributed by atoms with Crippen molar-refractivity contribution in [1.82, 2.24) is 4.57 Å². The number of nitrogens with zero attached hydrogens (tertiary/aromatic N) is 1. The molecule has 1 aromatic heterocycles. The molecule has 0 radical (unpaired) electrons. The predicted octanol–water partition coefficient (Wildman–Crippen LogP) is 4.13. The maximum Gasteiger partial charge on any atom is 0.119 e. The first-order valence-corrected chi connectivity index (χ1v) is 7.66. The van der Waals surface area contributed by atoms with Crippen molar-refractivity contribution in [2.24, 2.45) is 0 Å². The van der Waals surface area contributed by atoms with Gasteiger partial charge in [0.1, 0.15) is 11.5 Å². The lowest BCUT2D eigenvalue weighted by atomic mass is 10.1. The Morgan fingerprint density at radius 3 is 1.86 bits per heavy atom. The lowest BCUT2D eigenvalue weighted by Gasteiger charge is -2.07. The van der Waals surface area contributed by atoms with Crippen LogP contribution in [0.4, 0.5) is 0 Å². The highest BCUT2D eigenvalue weighted by Gasteiger charge is 2.12. The molecule has 0 atom stereocenters. The van der Waals surface area contributed by atoms with Crippen molar-refractivity contribution in [3.8, 4) is 11.5 Å². The molecule has 0 N–H and O–H groups in total. The zero-order valence-corrected chi connectivity index (χ0v) is 13.2. The molecule has 0 aliphatic heterocycles. The number of ether oxygens (including phenoxy) is 2. The number of fused-ring (bicyclic) bond motifs is 3. The van der Waals surface area contributed by atoms with Gasteiger partial charge in [0, 0.05) is 28.4 Å². The van der Waals surface area contributed by atoms with Gasteiger partial charge >= 0.3 is 0 Å². The van der Waals surface area contributed by atoms with Crippen molar-refractivity contribution in [3.63, 3.8) is 0 Å². The van der Waals surface area contributed by atoms with Gasteiger partial charge in [0.05, 0.1) is 14.2 Å². The Labute approximate surface area is 129 Å². The van der Waals surface area contributed by atoms with E-state index in [1.807, 2.05) is 12.1 Å². The van der Waals surface area contributed by atoms with Crippen LogP contribution in [-0.2, 0) is 6.54 Å². The largest absolute Gasteiger partial charge is 0.497 e. The molecule has 0 saturated carbocycles. The fourth-order valence-electron chi connectivity index (χ4n) is 2.79. The molecule has 110 valence electrons. The summed E-state index contributed by atoms with van der Waals surface area (Å²) in [6, 6.07) is 12.5. The zero-order chi connectivity index (χ0) is 14.8. The topological polar surface area (TPSA) is 23.4 Å². The van der Waals surface area contributed by atoms with Crippen molar-refractivity contribution in [2.75, 3.05) is 20.0 Å². The van der Waals surface area contributed by atoms with Crippen molar-refractivity contribution in [3.05, 3.63) is 36.4 Å². The second kappa shape index (κ2) is 5.90. The Morgan fingerprint density at radius 1 is 0.905 bits per heavy atom. The van der Waals surface area contributed by atoms with E-state index in [1.54, 1.807) is 14.2 Å². The van der Waals surface area contributed by atoms with Gasteiger partial charge in [-0.3, -0.25) is 0 Å². The van der Waals surface area contributed by atoms with Gasteiger partial charge in [0.15, 0.2) is 0 Å². The first kappa shape index (κ1) is 14.1. The molecule has 21 heavy (non-hydrogen) atoms. The van der Waals surface area contributed by atoms with E-state index in [9.17, 15) is 0 Å². The normalized spacial score (nSPS) is 11.2. The number of aromatic nitrogens is 1. The van der Waals surface area contributed by atoms with Crippen molar-refractivity contribution >= 4 is 34.4 Å². The van der Waals surface area contributed by atoms with Gasteiger partial charge < -0.3 is 14.0 Å². The highest BCUT2D eigenvalue weighted by Crippen LogP contribution is 2.34. The quantitative estimate of drug-likeness (QED) is 0.716. The Bertz CT molecular complexity index is 718. The van der Waals surface area contributed by atoms with E-state index in [0.717, 1.165) is 30.2 Å². The Balaban J connectivity index is 2.31. The highest BCUT2D eigenvalue weighted by atomic mass is 32.1. The summed E-state index contributed by atoms with van der Waals surface area (Å²) in [6.07, 6.45) is 1.04. The molecule has 0 bridgehead atoms. The Kier molecular flexibility index (Phi) is 3.97. The molecular weight excluding hydrogens is 282 g/mol. The summed E-state index contributed by atoms with van der Waals surface area (Å²) in [5.74, 6) is 2.63. The smallest absolute Gasteiger partial charge is 0.119 e. The van der Waals surface area contributed by atoms with E-state index in [1.165, 1.54) is 21.8 Å². The summed E-state index contributed by atoms with van der Waals surface area (Å²) in [4.78, 5) is 0. The van der Waals surface area contributed by atoms with E-state index in [0.29, 0.717) is 0 Å². The molecular formula is C17H19NO2S. The number of rotatable bonds is 5. The molecule has 0 spiro atoms. The molecule has 0 saturated heterocycles. The summed E-state index contributed by atoms with van der Waals surface area (Å²) in [5, 5.41) is 2.39. The average Bonchev–Trinajstić information content (AvgIpc) is 2.85. The second-order valence-corrected chi connectivity index (χ2v) is 5.44. The number of benzene rings is 2. The van der Waals surface area contributed by atoms with Gasteiger partial charge in [-0.05, 0) is 48.6 Å². The van der Waals surface area contributed by atoms with E-state index >= 15 is 0 Å². The van der Waals surface area contributed by atoms with Crippen LogP contribution in [0, 0.1) is 0 Å². The first-order valence-electron chi connectivity index (χ1n) is 7.03. The van der Waals surface area contributed by atoms with E-state index in [-0.39, 0.29) is 0 Å². The minimum atomic E-state index is 0.874. The van der Waals surface area contributed by atoms with Gasteiger partial charge in [0.25, 0.3) is 0 Å². The molecule has 3 nitrogen and oxygen atoms in total. The van der Waals surface area contributed by atoms with Gasteiger partial charge in [0.2, 0.25) is 0 Å². The number of methoxy groups -OCH3 is 2. The maximum atomic E-state index is 5.37. The summed E-state index contributed by atoms with van der Waals surface area (Å²) < 4.78 is 13.1. The van der Waals surface area contributed by atoms with Crippen LogP contribution in [0.1, 0.15) is 6.42 Å². The zero-order valence-electron chi connectivity index (χ0n) is 12.3. The fourth-order valence-corrected chi connectivity index (χ4v) is 2.93. The molecule has 4 heteroatoms. The van der Waals surface area contributed by atoms with E-state index < -0.39 is 0 Å². The number of aryl methyl sites for hydroxylation is 1. The van der Waals surface area contributed by atoms with E-state index in [2.05, 4.69) is 41.5 Å². The number of hydrogen-bond donors (Lipinski definition) is 1. The molecule has 3 aromatic rings. The molecule has 0 unspecified atom stereocenters. The van der Waals surface area contributed by atoms with Crippen LogP contribution < -0.4 is 9.47 Å². The third-order valence-electron chi connectivity index (χ3n) is 3.82. The van der Waals surface area contributed by atoms with Gasteiger partial charge in [-0.1, -0.05) is 0 Å². The Morgan fingerprint density at radius 2 is 1.43 bits per heavy atom.